The summed E-state index contributed by atoms with van der Waals surface area (Å²) in [4.78, 5) is 2.47. The molecule has 314 valence electrons. The number of benzene rings is 11. The Kier molecular flexibility index (Phi) is 9.11. The highest BCUT2D eigenvalue weighted by atomic mass is 16.3. The first-order valence-corrected chi connectivity index (χ1v) is 23.1. The molecule has 12 aromatic rings. The van der Waals surface area contributed by atoms with Gasteiger partial charge >= 0.3 is 0 Å². The van der Waals surface area contributed by atoms with E-state index >= 15 is 0 Å². The van der Waals surface area contributed by atoms with Crippen LogP contribution in [0.25, 0.3) is 77.2 Å². The molecule has 2 heteroatoms. The average Bonchev–Trinajstić information content (AvgIpc) is 3.93. The third-order valence-corrected chi connectivity index (χ3v) is 14.0. The van der Waals surface area contributed by atoms with Crippen LogP contribution in [-0.2, 0) is 5.41 Å². The molecule has 1 heterocycles. The second-order valence-corrected chi connectivity index (χ2v) is 17.6. The molecule has 0 fully saturated rings. The summed E-state index contributed by atoms with van der Waals surface area (Å²) in [5, 5.41) is 4.43. The Hall–Kier alpha value is -8.72. The smallest absolute Gasteiger partial charge is 0.143 e. The second kappa shape index (κ2) is 15.8. The van der Waals surface area contributed by atoms with Crippen molar-refractivity contribution in [2.45, 2.75) is 5.41 Å². The molecule has 0 radical (unpaired) electrons. The first kappa shape index (κ1) is 38.7. The summed E-state index contributed by atoms with van der Waals surface area (Å²) < 4.78 is 6.93. The fraction of sp³-hybridized carbons (Fsp3) is 0.0154. The minimum atomic E-state index is -0.560. The van der Waals surface area contributed by atoms with Gasteiger partial charge in [-0.1, -0.05) is 218 Å². The lowest BCUT2D eigenvalue weighted by atomic mass is 9.67. The normalized spacial score (nSPS) is 12.6. The van der Waals surface area contributed by atoms with Crippen LogP contribution in [0.5, 0.6) is 0 Å². The molecule has 0 bridgehead atoms. The lowest BCUT2D eigenvalue weighted by Crippen LogP contribution is -2.28. The summed E-state index contributed by atoms with van der Waals surface area (Å²) in [6.07, 6.45) is 0. The van der Waals surface area contributed by atoms with Gasteiger partial charge in [0.05, 0.1) is 11.1 Å². The number of anilines is 3. The van der Waals surface area contributed by atoms with Crippen LogP contribution >= 0.6 is 0 Å². The molecular formula is C65H43NO. The highest BCUT2D eigenvalue weighted by Crippen LogP contribution is 2.58. The van der Waals surface area contributed by atoms with Crippen LogP contribution in [-0.4, -0.2) is 0 Å². The van der Waals surface area contributed by atoms with E-state index in [0.717, 1.165) is 60.9 Å². The van der Waals surface area contributed by atoms with Gasteiger partial charge in [0.1, 0.15) is 11.2 Å². The molecule has 0 N–H and O–H groups in total. The molecule has 13 rings (SSSR count). The van der Waals surface area contributed by atoms with Crippen molar-refractivity contribution in [3.05, 3.63) is 283 Å². The van der Waals surface area contributed by atoms with Gasteiger partial charge in [0.2, 0.25) is 0 Å². The number of hydrogen-bond donors (Lipinski definition) is 0. The number of furan rings is 1. The highest BCUT2D eigenvalue weighted by Gasteiger charge is 2.46. The summed E-state index contributed by atoms with van der Waals surface area (Å²) in [6, 6.07) is 95.1. The van der Waals surface area contributed by atoms with E-state index in [4.69, 9.17) is 4.42 Å². The van der Waals surface area contributed by atoms with Crippen molar-refractivity contribution in [3.63, 3.8) is 0 Å². The Morgan fingerprint density at radius 1 is 0.313 bits per heavy atom. The Labute approximate surface area is 390 Å². The van der Waals surface area contributed by atoms with E-state index < -0.39 is 5.41 Å². The first-order valence-electron chi connectivity index (χ1n) is 23.1. The lowest BCUT2D eigenvalue weighted by Gasteiger charge is -2.35. The van der Waals surface area contributed by atoms with E-state index in [0.29, 0.717) is 0 Å². The maximum absolute atomic E-state index is 6.93. The molecule has 0 saturated carbocycles. The topological polar surface area (TPSA) is 16.4 Å². The zero-order valence-electron chi connectivity index (χ0n) is 36.7. The summed E-state index contributed by atoms with van der Waals surface area (Å²) >= 11 is 0. The number of nitrogens with zero attached hydrogens (tertiary/aromatic N) is 1. The van der Waals surface area contributed by atoms with Crippen molar-refractivity contribution in [2.24, 2.45) is 0 Å². The van der Waals surface area contributed by atoms with Gasteiger partial charge in [-0.05, 0) is 109 Å². The van der Waals surface area contributed by atoms with E-state index in [2.05, 4.69) is 266 Å². The quantitative estimate of drug-likeness (QED) is 0.151. The summed E-state index contributed by atoms with van der Waals surface area (Å²) in [5.74, 6) is 0. The van der Waals surface area contributed by atoms with Crippen molar-refractivity contribution in [1.29, 1.82) is 0 Å². The molecule has 1 aromatic heterocycles. The predicted molar refractivity (Wildman–Crippen MR) is 280 cm³/mol. The molecule has 1 aliphatic rings. The Morgan fingerprint density at radius 3 is 1.51 bits per heavy atom. The van der Waals surface area contributed by atoms with E-state index in [1.807, 2.05) is 0 Å². The standard InChI is InChI=1S/C65H43NO/c1-5-17-44(18-6-1)46-29-31-49(32-30-46)58-43-63-59(57-39-35-48-21-13-14-26-54(48)64(57)67-63)42-62(58)66(52-36-33-47(34-37-52)45-19-7-2-8-20-45)53-38-40-56-55-27-15-16-28-60(55)65(61(56)41-53,50-22-9-3-10-23-50)51-24-11-4-12-25-51/h1-43H. The molecule has 67 heavy (non-hydrogen) atoms. The second-order valence-electron chi connectivity index (χ2n) is 17.6. The molecule has 2 nitrogen and oxygen atoms in total. The molecular weight excluding hydrogens is 811 g/mol. The van der Waals surface area contributed by atoms with Gasteiger partial charge in [-0.2, -0.15) is 0 Å². The van der Waals surface area contributed by atoms with Gasteiger partial charge in [0.15, 0.2) is 0 Å². The van der Waals surface area contributed by atoms with Crippen molar-refractivity contribution in [1.82, 2.24) is 0 Å². The van der Waals surface area contributed by atoms with Gasteiger partial charge in [-0.3, -0.25) is 0 Å². The van der Waals surface area contributed by atoms with Crippen LogP contribution in [0.15, 0.2) is 265 Å². The minimum absolute atomic E-state index is 0.560. The zero-order valence-corrected chi connectivity index (χ0v) is 36.7. The third-order valence-electron chi connectivity index (χ3n) is 14.0. The monoisotopic (exact) mass is 853 g/mol. The molecule has 11 aromatic carbocycles. The van der Waals surface area contributed by atoms with Gasteiger partial charge < -0.3 is 9.32 Å². The maximum Gasteiger partial charge on any atom is 0.143 e. The zero-order chi connectivity index (χ0) is 44.3. The highest BCUT2D eigenvalue weighted by molar-refractivity contribution is 6.17. The first-order chi connectivity index (χ1) is 33.2. The Balaban J connectivity index is 1.10. The SMILES string of the molecule is c1ccc(-c2ccc(-c3cc4oc5c6ccccc6ccc5c4cc3N(c3ccc(-c4ccccc4)cc3)c3ccc4c(c3)C(c3ccccc3)(c3ccccc3)c3ccccc3-4)cc2)cc1. The van der Waals surface area contributed by atoms with Crippen LogP contribution in [0.2, 0.25) is 0 Å². The summed E-state index contributed by atoms with van der Waals surface area (Å²) in [5.41, 5.74) is 18.8. The molecule has 0 saturated heterocycles. The molecule has 0 atom stereocenters. The van der Waals surface area contributed by atoms with Gasteiger partial charge in [-0.15, -0.1) is 0 Å². The van der Waals surface area contributed by atoms with Crippen LogP contribution < -0.4 is 4.90 Å². The lowest BCUT2D eigenvalue weighted by molar-refractivity contribution is 0.673. The van der Waals surface area contributed by atoms with Gasteiger partial charge in [0.25, 0.3) is 0 Å². The Morgan fingerprint density at radius 2 is 0.836 bits per heavy atom. The maximum atomic E-state index is 6.93. The van der Waals surface area contributed by atoms with Crippen molar-refractivity contribution < 1.29 is 4.42 Å². The van der Waals surface area contributed by atoms with E-state index in [1.165, 1.54) is 55.6 Å². The predicted octanol–water partition coefficient (Wildman–Crippen LogP) is 17.6. The average molecular weight is 854 g/mol. The van der Waals surface area contributed by atoms with Crippen molar-refractivity contribution >= 4 is 49.8 Å². The van der Waals surface area contributed by atoms with E-state index in [-0.39, 0.29) is 0 Å². The van der Waals surface area contributed by atoms with Crippen LogP contribution in [0.4, 0.5) is 17.1 Å². The van der Waals surface area contributed by atoms with Crippen LogP contribution in [0, 0.1) is 0 Å². The fourth-order valence-corrected chi connectivity index (χ4v) is 10.9. The van der Waals surface area contributed by atoms with E-state index in [9.17, 15) is 0 Å². The van der Waals surface area contributed by atoms with E-state index in [1.54, 1.807) is 0 Å². The van der Waals surface area contributed by atoms with Gasteiger partial charge in [-0.25, -0.2) is 0 Å². The number of rotatable bonds is 8. The molecule has 0 unspecified atom stereocenters. The van der Waals surface area contributed by atoms with Gasteiger partial charge in [0, 0.05) is 33.1 Å². The molecule has 0 spiro atoms. The summed E-state index contributed by atoms with van der Waals surface area (Å²) in [7, 11) is 0. The third kappa shape index (κ3) is 6.26. The Bertz CT molecular complexity index is 3720. The van der Waals surface area contributed by atoms with Crippen molar-refractivity contribution in [2.75, 3.05) is 4.90 Å². The van der Waals surface area contributed by atoms with Crippen LogP contribution in [0.1, 0.15) is 22.3 Å². The minimum Gasteiger partial charge on any atom is -0.455 e. The fourth-order valence-electron chi connectivity index (χ4n) is 10.9. The largest absolute Gasteiger partial charge is 0.455 e. The number of hydrogen-bond acceptors (Lipinski definition) is 2. The number of fused-ring (bicyclic) bond motifs is 8. The van der Waals surface area contributed by atoms with Crippen molar-refractivity contribution in [3.8, 4) is 44.5 Å². The molecule has 0 amide bonds. The summed E-state index contributed by atoms with van der Waals surface area (Å²) in [6.45, 7) is 0. The molecule has 1 aliphatic carbocycles. The van der Waals surface area contributed by atoms with Crippen LogP contribution in [0.3, 0.4) is 0 Å². The molecule has 0 aliphatic heterocycles.